The van der Waals surface area contributed by atoms with Gasteiger partial charge in [0.25, 0.3) is 0 Å². The van der Waals surface area contributed by atoms with Crippen molar-refractivity contribution in [2.45, 2.75) is 83.6 Å². The normalized spacial score (nSPS) is 19.5. The number of rotatable bonds is 2. The fraction of sp³-hybridized carbons (Fsp3) is 0.722. The number of anilines is 1. The number of nitrogens with zero attached hydrogens (tertiary/aromatic N) is 1. The number of hydrogen-bond donors (Lipinski definition) is 1. The zero-order valence-corrected chi connectivity index (χ0v) is 14.9. The van der Waals surface area contributed by atoms with E-state index in [4.69, 9.17) is 0 Å². The third-order valence-electron chi connectivity index (χ3n) is 4.49. The highest BCUT2D eigenvalue weighted by atomic mass is 79.9. The summed E-state index contributed by atoms with van der Waals surface area (Å²) in [6.45, 7) is 2.10. The number of aromatic nitrogens is 1. The van der Waals surface area contributed by atoms with Gasteiger partial charge in [-0.3, -0.25) is 0 Å². The SMILES string of the molecule is Cc1cc(NC2CCCCCCCCCCC2)cnc1Br. The molecular weight excluding hydrogens is 324 g/mol. The summed E-state index contributed by atoms with van der Waals surface area (Å²) < 4.78 is 0.951. The molecule has 1 aliphatic carbocycles. The maximum Gasteiger partial charge on any atom is 0.109 e. The predicted octanol–water partition coefficient (Wildman–Crippen LogP) is 6.24. The molecule has 0 bridgehead atoms. The monoisotopic (exact) mass is 352 g/mol. The van der Waals surface area contributed by atoms with Gasteiger partial charge in [-0.2, -0.15) is 0 Å². The summed E-state index contributed by atoms with van der Waals surface area (Å²) in [6, 6.07) is 2.82. The maximum absolute atomic E-state index is 4.40. The highest BCUT2D eigenvalue weighted by molar-refractivity contribution is 9.10. The smallest absolute Gasteiger partial charge is 0.109 e. The van der Waals surface area contributed by atoms with Gasteiger partial charge >= 0.3 is 0 Å². The van der Waals surface area contributed by atoms with Crippen molar-refractivity contribution in [1.29, 1.82) is 0 Å². The molecule has 0 aromatic carbocycles. The van der Waals surface area contributed by atoms with Crippen LogP contribution in [0.4, 0.5) is 5.69 Å². The van der Waals surface area contributed by atoms with Crippen molar-refractivity contribution in [1.82, 2.24) is 4.98 Å². The number of aryl methyl sites for hydroxylation is 1. The van der Waals surface area contributed by atoms with Crippen LogP contribution in [0.25, 0.3) is 0 Å². The van der Waals surface area contributed by atoms with E-state index in [2.05, 4.69) is 39.2 Å². The van der Waals surface area contributed by atoms with Crippen LogP contribution >= 0.6 is 15.9 Å². The molecule has 0 amide bonds. The molecule has 1 heterocycles. The van der Waals surface area contributed by atoms with E-state index in [1.165, 1.54) is 81.9 Å². The zero-order valence-electron chi connectivity index (χ0n) is 13.3. The van der Waals surface area contributed by atoms with Gasteiger partial charge in [0.05, 0.1) is 11.9 Å². The molecule has 3 heteroatoms. The number of nitrogens with one attached hydrogen (secondary N) is 1. The fourth-order valence-corrected chi connectivity index (χ4v) is 3.40. The van der Waals surface area contributed by atoms with E-state index in [9.17, 15) is 0 Å². The van der Waals surface area contributed by atoms with Gasteiger partial charge in [-0.25, -0.2) is 4.98 Å². The van der Waals surface area contributed by atoms with Crippen LogP contribution in [0.3, 0.4) is 0 Å². The summed E-state index contributed by atoms with van der Waals surface area (Å²) in [4.78, 5) is 4.40. The molecule has 21 heavy (non-hydrogen) atoms. The van der Waals surface area contributed by atoms with E-state index in [0.29, 0.717) is 6.04 Å². The minimum Gasteiger partial charge on any atom is -0.381 e. The molecule has 1 aromatic rings. The summed E-state index contributed by atoms with van der Waals surface area (Å²) in [5.41, 5.74) is 2.38. The van der Waals surface area contributed by atoms with Gasteiger partial charge in [0, 0.05) is 6.04 Å². The second kappa shape index (κ2) is 9.45. The van der Waals surface area contributed by atoms with Crippen LogP contribution in [-0.4, -0.2) is 11.0 Å². The Morgan fingerprint density at radius 1 is 0.952 bits per heavy atom. The van der Waals surface area contributed by atoms with Gasteiger partial charge in [0.15, 0.2) is 0 Å². The Kier molecular flexibility index (Phi) is 7.56. The van der Waals surface area contributed by atoms with Crippen molar-refractivity contribution >= 4 is 21.6 Å². The number of halogens is 1. The molecule has 0 aliphatic heterocycles. The molecule has 2 nitrogen and oxygen atoms in total. The molecule has 1 N–H and O–H groups in total. The summed E-state index contributed by atoms with van der Waals surface area (Å²) >= 11 is 3.47. The van der Waals surface area contributed by atoms with Gasteiger partial charge in [-0.15, -0.1) is 0 Å². The number of hydrogen-bond acceptors (Lipinski definition) is 2. The van der Waals surface area contributed by atoms with E-state index in [0.717, 1.165) is 4.60 Å². The minimum absolute atomic E-state index is 0.617. The van der Waals surface area contributed by atoms with Crippen LogP contribution in [0.5, 0.6) is 0 Å². The molecular formula is C18H29BrN2. The second-order valence-corrected chi connectivity index (χ2v) is 7.18. The minimum atomic E-state index is 0.617. The molecule has 0 unspecified atom stereocenters. The van der Waals surface area contributed by atoms with Gasteiger partial charge in [0.1, 0.15) is 4.60 Å². The topological polar surface area (TPSA) is 24.9 Å². The largest absolute Gasteiger partial charge is 0.381 e. The highest BCUT2D eigenvalue weighted by Crippen LogP contribution is 2.22. The first-order chi connectivity index (χ1) is 10.3. The molecule has 0 saturated heterocycles. The molecule has 1 fully saturated rings. The van der Waals surface area contributed by atoms with Gasteiger partial charge in [-0.1, -0.05) is 57.8 Å². The molecule has 1 saturated carbocycles. The highest BCUT2D eigenvalue weighted by Gasteiger charge is 2.10. The van der Waals surface area contributed by atoms with E-state index >= 15 is 0 Å². The molecule has 1 aliphatic rings. The van der Waals surface area contributed by atoms with Crippen LogP contribution in [0, 0.1) is 6.92 Å². The Balaban J connectivity index is 1.88. The van der Waals surface area contributed by atoms with Crippen LogP contribution in [-0.2, 0) is 0 Å². The maximum atomic E-state index is 4.40. The summed E-state index contributed by atoms with van der Waals surface area (Å²) in [5, 5.41) is 3.72. The molecule has 0 atom stereocenters. The van der Waals surface area contributed by atoms with Gasteiger partial charge < -0.3 is 5.32 Å². The average molecular weight is 353 g/mol. The van der Waals surface area contributed by atoms with Crippen molar-refractivity contribution in [3.63, 3.8) is 0 Å². The Morgan fingerprint density at radius 2 is 1.48 bits per heavy atom. The van der Waals surface area contributed by atoms with Gasteiger partial charge in [0.2, 0.25) is 0 Å². The first-order valence-electron chi connectivity index (χ1n) is 8.64. The lowest BCUT2D eigenvalue weighted by molar-refractivity contribution is 0.480. The van der Waals surface area contributed by atoms with E-state index < -0.39 is 0 Å². The van der Waals surface area contributed by atoms with Crippen molar-refractivity contribution in [3.8, 4) is 0 Å². The Labute approximate surface area is 138 Å². The predicted molar refractivity (Wildman–Crippen MR) is 94.9 cm³/mol. The molecule has 2 rings (SSSR count). The van der Waals surface area contributed by atoms with Crippen LogP contribution in [0.15, 0.2) is 16.9 Å². The average Bonchev–Trinajstić information content (AvgIpc) is 2.46. The molecule has 0 spiro atoms. The Hall–Kier alpha value is -0.570. The van der Waals surface area contributed by atoms with Crippen molar-refractivity contribution in [3.05, 3.63) is 22.4 Å². The lowest BCUT2D eigenvalue weighted by Crippen LogP contribution is -2.20. The van der Waals surface area contributed by atoms with E-state index in [1.54, 1.807) is 0 Å². The van der Waals surface area contributed by atoms with E-state index in [1.807, 2.05) is 6.20 Å². The third-order valence-corrected chi connectivity index (χ3v) is 5.32. The summed E-state index contributed by atoms with van der Waals surface area (Å²) in [7, 11) is 0. The lowest BCUT2D eigenvalue weighted by atomic mass is 9.98. The first-order valence-corrected chi connectivity index (χ1v) is 9.43. The molecule has 0 radical (unpaired) electrons. The van der Waals surface area contributed by atoms with Crippen LogP contribution in [0.1, 0.15) is 76.2 Å². The van der Waals surface area contributed by atoms with Crippen LogP contribution < -0.4 is 5.32 Å². The summed E-state index contributed by atoms with van der Waals surface area (Å²) in [6.07, 6.45) is 17.2. The third kappa shape index (κ3) is 6.37. The van der Waals surface area contributed by atoms with Crippen LogP contribution in [0.2, 0.25) is 0 Å². The molecule has 1 aromatic heterocycles. The summed E-state index contributed by atoms with van der Waals surface area (Å²) in [5.74, 6) is 0. The Morgan fingerprint density at radius 3 is 2.00 bits per heavy atom. The second-order valence-electron chi connectivity index (χ2n) is 6.43. The lowest BCUT2D eigenvalue weighted by Gasteiger charge is -2.21. The quantitative estimate of drug-likeness (QED) is 0.637. The fourth-order valence-electron chi connectivity index (χ4n) is 3.18. The van der Waals surface area contributed by atoms with E-state index in [-0.39, 0.29) is 0 Å². The zero-order chi connectivity index (χ0) is 14.9. The van der Waals surface area contributed by atoms with Crippen molar-refractivity contribution in [2.24, 2.45) is 0 Å². The first kappa shape index (κ1) is 16.8. The van der Waals surface area contributed by atoms with Crippen molar-refractivity contribution in [2.75, 3.05) is 5.32 Å². The standard InChI is InChI=1S/C18H29BrN2/c1-15-13-17(14-20-18(15)19)21-16-11-9-7-5-3-2-4-6-8-10-12-16/h13-14,16,21H,2-12H2,1H3. The number of pyridine rings is 1. The Bertz CT molecular complexity index is 408. The molecule has 118 valence electrons. The van der Waals surface area contributed by atoms with Crippen molar-refractivity contribution < 1.29 is 0 Å². The van der Waals surface area contributed by atoms with Gasteiger partial charge in [-0.05, 0) is 47.3 Å².